The van der Waals surface area contributed by atoms with Gasteiger partial charge in [-0.2, -0.15) is 5.26 Å². The van der Waals surface area contributed by atoms with Gasteiger partial charge in [-0.1, -0.05) is 0 Å². The molecule has 1 aromatic carbocycles. The minimum absolute atomic E-state index is 0.472. The molecule has 3 nitrogen and oxygen atoms in total. The lowest BCUT2D eigenvalue weighted by atomic mass is 9.86. The first-order valence-electron chi connectivity index (χ1n) is 5.37. The Morgan fingerprint density at radius 2 is 1.88 bits per heavy atom. The highest BCUT2D eigenvalue weighted by Gasteiger charge is 2.34. The smallest absolute Gasteiger partial charge is 0.100 e. The van der Waals surface area contributed by atoms with Crippen LogP contribution in [-0.2, 0) is 0 Å². The maximum atomic E-state index is 10.1. The van der Waals surface area contributed by atoms with E-state index in [4.69, 9.17) is 5.26 Å². The van der Waals surface area contributed by atoms with Crippen LogP contribution in [0.15, 0.2) is 22.7 Å². The number of nitrogens with one attached hydrogen (secondary N) is 1. The summed E-state index contributed by atoms with van der Waals surface area (Å²) in [5.41, 5.74) is 0.133. The van der Waals surface area contributed by atoms with E-state index in [1.165, 1.54) is 0 Å². The van der Waals surface area contributed by atoms with Crippen molar-refractivity contribution in [1.29, 1.82) is 5.26 Å². The van der Waals surface area contributed by atoms with E-state index in [1.807, 2.05) is 26.0 Å². The zero-order chi connectivity index (χ0) is 13.3. The molecule has 0 aromatic heterocycles. The van der Waals surface area contributed by atoms with E-state index in [0.29, 0.717) is 5.56 Å². The van der Waals surface area contributed by atoms with Gasteiger partial charge >= 0.3 is 0 Å². The molecule has 0 spiro atoms. The lowest BCUT2D eigenvalue weighted by molar-refractivity contribution is 0.0240. The number of rotatable bonds is 3. The van der Waals surface area contributed by atoms with Crippen molar-refractivity contribution in [3.8, 4) is 6.07 Å². The Balaban J connectivity index is 2.98. The van der Waals surface area contributed by atoms with Gasteiger partial charge in [0.1, 0.15) is 6.07 Å². The number of aliphatic hydroxyl groups is 1. The van der Waals surface area contributed by atoms with Gasteiger partial charge in [-0.05, 0) is 61.8 Å². The summed E-state index contributed by atoms with van der Waals surface area (Å²) >= 11 is 3.34. The van der Waals surface area contributed by atoms with Crippen molar-refractivity contribution in [1.82, 2.24) is 0 Å². The SMILES string of the molecule is CC(C)(O)C(C)(C)Nc1ccc(C#N)c(Br)c1. The molecule has 1 aromatic rings. The number of nitrogens with zero attached hydrogens (tertiary/aromatic N) is 1. The fraction of sp³-hybridized carbons (Fsp3) is 0.462. The topological polar surface area (TPSA) is 56.0 Å². The second-order valence-electron chi connectivity index (χ2n) is 5.12. The molecule has 0 bridgehead atoms. The van der Waals surface area contributed by atoms with Gasteiger partial charge in [-0.3, -0.25) is 0 Å². The van der Waals surface area contributed by atoms with Gasteiger partial charge in [0.25, 0.3) is 0 Å². The maximum absolute atomic E-state index is 10.1. The fourth-order valence-electron chi connectivity index (χ4n) is 1.20. The summed E-state index contributed by atoms with van der Waals surface area (Å²) in [5, 5.41) is 22.1. The van der Waals surface area contributed by atoms with Gasteiger partial charge in [0.2, 0.25) is 0 Å². The van der Waals surface area contributed by atoms with Crippen LogP contribution in [0.2, 0.25) is 0 Å². The van der Waals surface area contributed by atoms with Crippen molar-refractivity contribution in [2.45, 2.75) is 38.8 Å². The van der Waals surface area contributed by atoms with Gasteiger partial charge in [-0.15, -0.1) is 0 Å². The van der Waals surface area contributed by atoms with E-state index in [1.54, 1.807) is 19.9 Å². The molecule has 17 heavy (non-hydrogen) atoms. The first-order chi connectivity index (χ1) is 7.67. The Labute approximate surface area is 111 Å². The molecule has 0 aliphatic carbocycles. The molecule has 0 amide bonds. The van der Waals surface area contributed by atoms with Gasteiger partial charge in [0.15, 0.2) is 0 Å². The molecule has 0 radical (unpaired) electrons. The van der Waals surface area contributed by atoms with E-state index in [9.17, 15) is 5.11 Å². The van der Waals surface area contributed by atoms with E-state index in [2.05, 4.69) is 27.3 Å². The summed E-state index contributed by atoms with van der Waals surface area (Å²) in [6.45, 7) is 7.38. The summed E-state index contributed by atoms with van der Waals surface area (Å²) in [6.07, 6.45) is 0. The third-order valence-electron chi connectivity index (χ3n) is 3.08. The molecule has 2 N–H and O–H groups in total. The fourth-order valence-corrected chi connectivity index (χ4v) is 1.66. The Bertz CT molecular complexity index is 455. The summed E-state index contributed by atoms with van der Waals surface area (Å²) in [7, 11) is 0. The monoisotopic (exact) mass is 296 g/mol. The molecule has 0 heterocycles. The lowest BCUT2D eigenvalue weighted by Gasteiger charge is -2.39. The van der Waals surface area contributed by atoms with Crippen LogP contribution >= 0.6 is 15.9 Å². The van der Waals surface area contributed by atoms with Crippen molar-refractivity contribution in [2.75, 3.05) is 5.32 Å². The maximum Gasteiger partial charge on any atom is 0.100 e. The zero-order valence-electron chi connectivity index (χ0n) is 10.5. The first kappa shape index (κ1) is 14.0. The summed E-state index contributed by atoms with van der Waals surface area (Å²) in [6, 6.07) is 7.50. The summed E-state index contributed by atoms with van der Waals surface area (Å²) in [4.78, 5) is 0. The Kier molecular flexibility index (Phi) is 3.85. The van der Waals surface area contributed by atoms with Crippen LogP contribution in [0.3, 0.4) is 0 Å². The van der Waals surface area contributed by atoms with Gasteiger partial charge in [0, 0.05) is 10.2 Å². The molecule has 0 unspecified atom stereocenters. The van der Waals surface area contributed by atoms with E-state index in [0.717, 1.165) is 10.2 Å². The van der Waals surface area contributed by atoms with Crippen LogP contribution in [-0.4, -0.2) is 16.2 Å². The highest BCUT2D eigenvalue weighted by atomic mass is 79.9. The van der Waals surface area contributed by atoms with Gasteiger partial charge < -0.3 is 10.4 Å². The van der Waals surface area contributed by atoms with Gasteiger partial charge in [0.05, 0.1) is 16.7 Å². The van der Waals surface area contributed by atoms with Crippen molar-refractivity contribution < 1.29 is 5.11 Å². The molecule has 0 aliphatic heterocycles. The summed E-state index contributed by atoms with van der Waals surface area (Å²) in [5.74, 6) is 0. The third kappa shape index (κ3) is 3.21. The molecule has 0 saturated carbocycles. The molecule has 0 fully saturated rings. The van der Waals surface area contributed by atoms with Crippen molar-refractivity contribution in [2.24, 2.45) is 0 Å². The standard InChI is InChI=1S/C13H17BrN2O/c1-12(2,13(3,4)17)16-10-6-5-9(8-15)11(14)7-10/h5-7,16-17H,1-4H3. The molecule has 0 saturated heterocycles. The predicted molar refractivity (Wildman–Crippen MR) is 72.9 cm³/mol. The molecular weight excluding hydrogens is 280 g/mol. The lowest BCUT2D eigenvalue weighted by Crippen LogP contribution is -2.51. The number of hydrogen-bond acceptors (Lipinski definition) is 3. The highest BCUT2D eigenvalue weighted by Crippen LogP contribution is 2.28. The largest absolute Gasteiger partial charge is 0.388 e. The number of benzene rings is 1. The normalized spacial score (nSPS) is 12.1. The quantitative estimate of drug-likeness (QED) is 0.900. The Hall–Kier alpha value is -1.05. The number of halogens is 1. The minimum Gasteiger partial charge on any atom is -0.388 e. The molecule has 92 valence electrons. The van der Waals surface area contributed by atoms with Crippen molar-refractivity contribution >= 4 is 21.6 Å². The van der Waals surface area contributed by atoms with Crippen LogP contribution in [0, 0.1) is 11.3 Å². The molecule has 1 rings (SSSR count). The minimum atomic E-state index is -0.854. The van der Waals surface area contributed by atoms with Crippen LogP contribution in [0.1, 0.15) is 33.3 Å². The van der Waals surface area contributed by atoms with E-state index in [-0.39, 0.29) is 0 Å². The predicted octanol–water partition coefficient (Wildman–Crippen LogP) is 3.28. The van der Waals surface area contributed by atoms with Crippen molar-refractivity contribution in [3.63, 3.8) is 0 Å². The molecular formula is C13H17BrN2O. The molecule has 4 heteroatoms. The molecule has 0 atom stereocenters. The number of nitriles is 1. The van der Waals surface area contributed by atoms with Crippen LogP contribution in [0.4, 0.5) is 5.69 Å². The molecule has 0 aliphatic rings. The Morgan fingerprint density at radius 1 is 1.29 bits per heavy atom. The average Bonchev–Trinajstić information content (AvgIpc) is 2.15. The second kappa shape index (κ2) is 4.67. The highest BCUT2D eigenvalue weighted by molar-refractivity contribution is 9.10. The van der Waals surface area contributed by atoms with Gasteiger partial charge in [-0.25, -0.2) is 0 Å². The van der Waals surface area contributed by atoms with Crippen LogP contribution in [0.5, 0.6) is 0 Å². The van der Waals surface area contributed by atoms with Crippen molar-refractivity contribution in [3.05, 3.63) is 28.2 Å². The third-order valence-corrected chi connectivity index (χ3v) is 3.73. The van der Waals surface area contributed by atoms with E-state index >= 15 is 0 Å². The van der Waals surface area contributed by atoms with Crippen LogP contribution < -0.4 is 5.32 Å². The Morgan fingerprint density at radius 3 is 2.29 bits per heavy atom. The number of hydrogen-bond donors (Lipinski definition) is 2. The first-order valence-corrected chi connectivity index (χ1v) is 6.17. The number of anilines is 1. The second-order valence-corrected chi connectivity index (χ2v) is 5.97. The average molecular weight is 297 g/mol. The van der Waals surface area contributed by atoms with E-state index < -0.39 is 11.1 Å². The summed E-state index contributed by atoms with van der Waals surface area (Å²) < 4.78 is 0.747. The van der Waals surface area contributed by atoms with Crippen LogP contribution in [0.25, 0.3) is 0 Å². The zero-order valence-corrected chi connectivity index (χ0v) is 12.1.